The molecule has 272 valence electrons. The molecule has 0 saturated carbocycles. The molecule has 2 aliphatic rings. The highest BCUT2D eigenvalue weighted by Crippen LogP contribution is 2.41. The van der Waals surface area contributed by atoms with Gasteiger partial charge in [-0.1, -0.05) is 115 Å². The minimum Gasteiger partial charge on any atom is -0.456 e. The summed E-state index contributed by atoms with van der Waals surface area (Å²) in [4.78, 5) is 5.19. The fourth-order valence-corrected chi connectivity index (χ4v) is 10.1. The highest BCUT2D eigenvalue weighted by atomic mass is 32.1. The van der Waals surface area contributed by atoms with Crippen molar-refractivity contribution in [3.8, 4) is 16.8 Å². The molecule has 0 amide bonds. The highest BCUT2D eigenvalue weighted by Gasteiger charge is 2.26. The molecule has 5 nitrogen and oxygen atoms in total. The first-order valence-corrected chi connectivity index (χ1v) is 20.5. The monoisotopic (exact) mass is 752 g/mol. The zero-order valence-electron chi connectivity index (χ0n) is 30.9. The summed E-state index contributed by atoms with van der Waals surface area (Å²) < 4.78 is 11.4. The third kappa shape index (κ3) is 5.36. The second kappa shape index (κ2) is 12.9. The van der Waals surface area contributed by atoms with Crippen LogP contribution in [0.4, 0.5) is 0 Å². The van der Waals surface area contributed by atoms with Gasteiger partial charge in [-0.25, -0.2) is 4.99 Å². The lowest BCUT2D eigenvalue weighted by Gasteiger charge is -2.32. The number of aromatic nitrogens is 1. The van der Waals surface area contributed by atoms with Gasteiger partial charge >= 0.3 is 0 Å². The number of benzene rings is 7. The number of amidine groups is 1. The number of furan rings is 1. The number of para-hydroxylation sites is 1. The second-order valence-corrected chi connectivity index (χ2v) is 16.2. The Balaban J connectivity index is 0.918. The van der Waals surface area contributed by atoms with Gasteiger partial charge in [-0.15, -0.1) is 11.3 Å². The number of allylic oxidation sites excluding steroid dienone is 1. The average molecular weight is 753 g/mol. The van der Waals surface area contributed by atoms with Gasteiger partial charge in [0.25, 0.3) is 0 Å². The van der Waals surface area contributed by atoms with Crippen molar-refractivity contribution < 1.29 is 4.42 Å². The van der Waals surface area contributed by atoms with Crippen LogP contribution in [-0.2, 0) is 6.42 Å². The zero-order chi connectivity index (χ0) is 37.5. The van der Waals surface area contributed by atoms with Gasteiger partial charge in [0.05, 0.1) is 5.52 Å². The smallest absolute Gasteiger partial charge is 0.135 e. The van der Waals surface area contributed by atoms with E-state index in [-0.39, 0.29) is 12.3 Å². The first-order valence-electron chi connectivity index (χ1n) is 19.6. The van der Waals surface area contributed by atoms with Gasteiger partial charge in [0.1, 0.15) is 29.3 Å². The standard InChI is InChI=1S/C51H36N4OS/c1-3-11-31(12-4-1)49-52-50(32-13-5-2-6-14-32)54-51(53-49)35-19-23-39-42-28-34(21-26-47(42)57-48(39)29-35)33-20-24-45-40(27-33)41-30-36(22-25-46(41)56-45)55-43-17-9-7-15-37(43)38-16-8-10-18-44(38)55/h1-9,11-17,19-30,49,51,53H,10,18H2,(H,52,54). The molecule has 7 aromatic carbocycles. The summed E-state index contributed by atoms with van der Waals surface area (Å²) in [5.74, 6) is 0.891. The minimum atomic E-state index is -0.202. The van der Waals surface area contributed by atoms with E-state index in [2.05, 4.69) is 179 Å². The van der Waals surface area contributed by atoms with Crippen molar-refractivity contribution in [3.63, 3.8) is 0 Å². The number of hydrogen-bond donors (Lipinski definition) is 2. The van der Waals surface area contributed by atoms with Crippen molar-refractivity contribution in [1.82, 2.24) is 15.2 Å². The Morgan fingerprint density at radius 2 is 1.35 bits per heavy atom. The van der Waals surface area contributed by atoms with E-state index in [0.717, 1.165) is 51.7 Å². The Hall–Kier alpha value is -6.73. The van der Waals surface area contributed by atoms with Crippen LogP contribution in [0.25, 0.3) is 75.9 Å². The van der Waals surface area contributed by atoms with E-state index < -0.39 is 0 Å². The van der Waals surface area contributed by atoms with Gasteiger partial charge in [-0.3, -0.25) is 5.32 Å². The molecular formula is C51H36N4OS. The molecule has 3 aromatic heterocycles. The molecule has 6 heteroatoms. The van der Waals surface area contributed by atoms with Crippen LogP contribution in [0.2, 0.25) is 0 Å². The second-order valence-electron chi connectivity index (χ2n) is 15.1. The Bertz CT molecular complexity index is 3260. The summed E-state index contributed by atoms with van der Waals surface area (Å²) in [5.41, 5.74) is 12.7. The van der Waals surface area contributed by atoms with Gasteiger partial charge in [-0.05, 0) is 89.7 Å². The number of rotatable bonds is 5. The highest BCUT2D eigenvalue weighted by molar-refractivity contribution is 7.25. The lowest BCUT2D eigenvalue weighted by Crippen LogP contribution is -2.44. The average Bonchev–Trinajstić information content (AvgIpc) is 3.95. The van der Waals surface area contributed by atoms with Crippen molar-refractivity contribution in [3.05, 3.63) is 192 Å². The van der Waals surface area contributed by atoms with Crippen molar-refractivity contribution in [1.29, 1.82) is 0 Å². The van der Waals surface area contributed by atoms with Gasteiger partial charge in [0.15, 0.2) is 0 Å². The molecular weight excluding hydrogens is 717 g/mol. The van der Waals surface area contributed by atoms with Gasteiger partial charge < -0.3 is 14.3 Å². The first kappa shape index (κ1) is 32.5. The summed E-state index contributed by atoms with van der Waals surface area (Å²) in [6, 6.07) is 56.7. The molecule has 0 radical (unpaired) electrons. The van der Waals surface area contributed by atoms with E-state index in [1.165, 1.54) is 64.7 Å². The maximum Gasteiger partial charge on any atom is 0.135 e. The number of thiophene rings is 1. The summed E-state index contributed by atoms with van der Waals surface area (Å²) in [6.07, 6.45) is 6.41. The summed E-state index contributed by atoms with van der Waals surface area (Å²) >= 11 is 1.84. The number of aliphatic imine (C=N–C) groups is 1. The molecule has 4 heterocycles. The third-order valence-corrected chi connectivity index (χ3v) is 12.9. The SMILES string of the molecule is C1=Cc2c(n(-c3ccc4oc5ccc(-c6ccc7sc8cc(C9N=C(c%10ccccc%10)NC(c%10ccccc%10)N9)ccc8c7c6)cc5c4c3)c3ccccc23)CC1. The van der Waals surface area contributed by atoms with Crippen molar-refractivity contribution >= 4 is 76.3 Å². The van der Waals surface area contributed by atoms with Crippen LogP contribution in [0.3, 0.4) is 0 Å². The lowest BCUT2D eigenvalue weighted by molar-refractivity contribution is 0.409. The molecule has 0 fully saturated rings. The van der Waals surface area contributed by atoms with Crippen molar-refractivity contribution in [2.45, 2.75) is 25.2 Å². The fourth-order valence-electron chi connectivity index (χ4n) is 8.98. The topological polar surface area (TPSA) is 54.5 Å². The van der Waals surface area contributed by atoms with E-state index in [4.69, 9.17) is 9.41 Å². The van der Waals surface area contributed by atoms with Crippen LogP contribution in [0, 0.1) is 0 Å². The number of nitrogens with zero attached hydrogens (tertiary/aromatic N) is 2. The van der Waals surface area contributed by atoms with Crippen LogP contribution in [0.1, 0.15) is 46.7 Å². The molecule has 2 unspecified atom stereocenters. The molecule has 1 aliphatic heterocycles. The Kier molecular flexibility index (Phi) is 7.37. The summed E-state index contributed by atoms with van der Waals surface area (Å²) in [5, 5.41) is 13.5. The molecule has 0 spiro atoms. The van der Waals surface area contributed by atoms with Crippen LogP contribution < -0.4 is 10.6 Å². The molecule has 0 bridgehead atoms. The van der Waals surface area contributed by atoms with Crippen LogP contribution >= 0.6 is 11.3 Å². The molecule has 2 atom stereocenters. The number of hydrogen-bond acceptors (Lipinski definition) is 5. The maximum absolute atomic E-state index is 6.42. The molecule has 2 N–H and O–H groups in total. The first-order chi connectivity index (χ1) is 28.2. The Morgan fingerprint density at radius 1 is 0.596 bits per heavy atom. The van der Waals surface area contributed by atoms with E-state index in [1.54, 1.807) is 0 Å². The Morgan fingerprint density at radius 3 is 2.23 bits per heavy atom. The lowest BCUT2D eigenvalue weighted by atomic mass is 10.00. The number of fused-ring (bicyclic) bond motifs is 9. The van der Waals surface area contributed by atoms with E-state index in [0.29, 0.717) is 0 Å². The van der Waals surface area contributed by atoms with Crippen molar-refractivity contribution in [2.75, 3.05) is 0 Å². The normalized spacial score (nSPS) is 16.7. The Labute approximate surface area is 333 Å². The van der Waals surface area contributed by atoms with E-state index in [1.807, 2.05) is 17.4 Å². The van der Waals surface area contributed by atoms with Gasteiger partial charge in [0.2, 0.25) is 0 Å². The third-order valence-electron chi connectivity index (χ3n) is 11.7. The summed E-state index contributed by atoms with van der Waals surface area (Å²) in [6.45, 7) is 0. The summed E-state index contributed by atoms with van der Waals surface area (Å²) in [7, 11) is 0. The van der Waals surface area contributed by atoms with E-state index >= 15 is 0 Å². The largest absolute Gasteiger partial charge is 0.456 e. The quantitative estimate of drug-likeness (QED) is 0.184. The minimum absolute atomic E-state index is 0.0719. The van der Waals surface area contributed by atoms with Crippen LogP contribution in [0.5, 0.6) is 0 Å². The molecule has 0 saturated heterocycles. The fraction of sp³-hybridized carbons (Fsp3) is 0.0784. The molecule has 12 rings (SSSR count). The molecule has 10 aromatic rings. The predicted molar refractivity (Wildman–Crippen MR) is 237 cm³/mol. The van der Waals surface area contributed by atoms with Crippen molar-refractivity contribution in [2.24, 2.45) is 4.99 Å². The van der Waals surface area contributed by atoms with Gasteiger partial charge in [-0.2, -0.15) is 0 Å². The predicted octanol–water partition coefficient (Wildman–Crippen LogP) is 12.9. The van der Waals surface area contributed by atoms with E-state index in [9.17, 15) is 0 Å². The van der Waals surface area contributed by atoms with Crippen LogP contribution in [-0.4, -0.2) is 10.4 Å². The molecule has 57 heavy (non-hydrogen) atoms. The zero-order valence-corrected chi connectivity index (χ0v) is 31.8. The molecule has 1 aliphatic carbocycles. The van der Waals surface area contributed by atoms with Gasteiger partial charge in [0, 0.05) is 58.8 Å². The van der Waals surface area contributed by atoms with Crippen LogP contribution in [0.15, 0.2) is 173 Å². The number of nitrogens with one attached hydrogen (secondary N) is 2. The maximum atomic E-state index is 6.42.